The van der Waals surface area contributed by atoms with Gasteiger partial charge >= 0.3 is 0 Å². The summed E-state index contributed by atoms with van der Waals surface area (Å²) in [5, 5.41) is 3.53. The number of hydrogen-bond donors (Lipinski definition) is 1. The minimum absolute atomic E-state index is 0.104. The van der Waals surface area contributed by atoms with Crippen molar-refractivity contribution in [1.82, 2.24) is 10.2 Å². The molecule has 0 aromatic heterocycles. The Bertz CT molecular complexity index is 1410. The number of aryl methyl sites for hydroxylation is 2. The topological polar surface area (TPSA) is 86.8 Å². The van der Waals surface area contributed by atoms with E-state index in [-0.39, 0.29) is 24.8 Å². The summed E-state index contributed by atoms with van der Waals surface area (Å²) in [6, 6.07) is 21.1. The molecule has 1 atom stereocenters. The molecule has 0 saturated heterocycles. The largest absolute Gasteiger partial charge is 0.354 e. The summed E-state index contributed by atoms with van der Waals surface area (Å²) in [5.41, 5.74) is 3.69. The Labute approximate surface area is 243 Å². The van der Waals surface area contributed by atoms with Gasteiger partial charge in [-0.1, -0.05) is 80.0 Å². The molecule has 40 heavy (non-hydrogen) atoms. The van der Waals surface area contributed by atoms with Crippen LogP contribution < -0.4 is 9.62 Å². The molecule has 214 valence electrons. The maximum atomic E-state index is 14.1. The van der Waals surface area contributed by atoms with E-state index in [0.29, 0.717) is 17.3 Å². The minimum atomic E-state index is -3.82. The number of amides is 2. The summed E-state index contributed by atoms with van der Waals surface area (Å²) in [7, 11) is -3.82. The quantitative estimate of drug-likeness (QED) is 0.320. The molecule has 2 amide bonds. The first kappa shape index (κ1) is 31.2. The smallest absolute Gasteiger partial charge is 0.244 e. The molecule has 1 N–H and O–H groups in total. The Morgan fingerprint density at radius 3 is 2.17 bits per heavy atom. The highest BCUT2D eigenvalue weighted by Gasteiger charge is 2.33. The van der Waals surface area contributed by atoms with E-state index >= 15 is 0 Å². The number of nitrogens with one attached hydrogen (secondary N) is 1. The van der Waals surface area contributed by atoms with E-state index in [2.05, 4.69) is 5.32 Å². The van der Waals surface area contributed by atoms with Gasteiger partial charge in [-0.2, -0.15) is 0 Å². The fourth-order valence-corrected chi connectivity index (χ4v) is 5.37. The van der Waals surface area contributed by atoms with Crippen molar-refractivity contribution in [1.29, 1.82) is 0 Å². The molecule has 0 unspecified atom stereocenters. The second-order valence-electron chi connectivity index (χ2n) is 10.6. The average Bonchev–Trinajstić information content (AvgIpc) is 2.90. The van der Waals surface area contributed by atoms with Crippen LogP contribution in [0.1, 0.15) is 36.1 Å². The number of carbonyl (C=O) groups excluding carboxylic acids is 2. The van der Waals surface area contributed by atoms with Crippen LogP contribution in [0.2, 0.25) is 5.02 Å². The van der Waals surface area contributed by atoms with Crippen LogP contribution in [0.5, 0.6) is 0 Å². The molecule has 0 heterocycles. The van der Waals surface area contributed by atoms with E-state index in [4.69, 9.17) is 11.6 Å². The Balaban J connectivity index is 2.06. The number of benzene rings is 3. The van der Waals surface area contributed by atoms with E-state index in [1.807, 2.05) is 63.2 Å². The third-order valence-corrected chi connectivity index (χ3v) is 7.91. The van der Waals surface area contributed by atoms with Gasteiger partial charge in [-0.3, -0.25) is 13.9 Å². The second-order valence-corrected chi connectivity index (χ2v) is 12.9. The number of rotatable bonds is 12. The highest BCUT2D eigenvalue weighted by atomic mass is 35.5. The van der Waals surface area contributed by atoms with Crippen LogP contribution in [0.25, 0.3) is 0 Å². The van der Waals surface area contributed by atoms with Crippen molar-refractivity contribution in [2.24, 2.45) is 5.92 Å². The number of sulfonamides is 1. The summed E-state index contributed by atoms with van der Waals surface area (Å²) in [4.78, 5) is 29.2. The third-order valence-electron chi connectivity index (χ3n) is 6.53. The molecule has 0 aliphatic carbocycles. The SMILES string of the molecule is Cc1ccc(C)c(N(CC(=O)N(Cc2ccc(Cl)cc2)[C@@H](Cc2ccccc2)C(=O)NCC(C)C)S(C)(=O)=O)c1. The summed E-state index contributed by atoms with van der Waals surface area (Å²) in [5.74, 6) is -0.564. The van der Waals surface area contributed by atoms with Crippen molar-refractivity contribution in [3.05, 3.63) is 100 Å². The maximum Gasteiger partial charge on any atom is 0.244 e. The van der Waals surface area contributed by atoms with E-state index in [0.717, 1.165) is 32.8 Å². The number of carbonyl (C=O) groups is 2. The van der Waals surface area contributed by atoms with Crippen LogP contribution in [0.15, 0.2) is 72.8 Å². The zero-order chi connectivity index (χ0) is 29.4. The lowest BCUT2D eigenvalue weighted by Crippen LogP contribution is -2.53. The first-order valence-corrected chi connectivity index (χ1v) is 15.5. The summed E-state index contributed by atoms with van der Waals surface area (Å²) >= 11 is 6.10. The lowest BCUT2D eigenvalue weighted by Gasteiger charge is -2.34. The molecule has 0 fully saturated rings. The Kier molecular flexibility index (Phi) is 10.8. The van der Waals surface area contributed by atoms with Gasteiger partial charge in [0, 0.05) is 24.5 Å². The molecular formula is C31H38ClN3O4S. The third kappa shape index (κ3) is 8.83. The van der Waals surface area contributed by atoms with Crippen molar-refractivity contribution in [3.8, 4) is 0 Å². The van der Waals surface area contributed by atoms with Crippen molar-refractivity contribution in [2.45, 2.75) is 46.7 Å². The number of hydrogen-bond acceptors (Lipinski definition) is 4. The lowest BCUT2D eigenvalue weighted by atomic mass is 10.0. The molecule has 0 bridgehead atoms. The number of nitrogens with zero attached hydrogens (tertiary/aromatic N) is 2. The van der Waals surface area contributed by atoms with Gasteiger partial charge in [-0.15, -0.1) is 0 Å². The Hall–Kier alpha value is -3.36. The zero-order valence-electron chi connectivity index (χ0n) is 23.7. The maximum absolute atomic E-state index is 14.1. The first-order valence-electron chi connectivity index (χ1n) is 13.3. The molecule has 7 nitrogen and oxygen atoms in total. The van der Waals surface area contributed by atoms with Crippen LogP contribution in [0.3, 0.4) is 0 Å². The number of anilines is 1. The molecule has 0 radical (unpaired) electrons. The van der Waals surface area contributed by atoms with Crippen LogP contribution in [0.4, 0.5) is 5.69 Å². The molecule has 9 heteroatoms. The van der Waals surface area contributed by atoms with Gasteiger partial charge in [-0.25, -0.2) is 8.42 Å². The fourth-order valence-electron chi connectivity index (χ4n) is 4.35. The summed E-state index contributed by atoms with van der Waals surface area (Å²) in [6.45, 7) is 7.78. The minimum Gasteiger partial charge on any atom is -0.354 e. The van der Waals surface area contributed by atoms with Crippen molar-refractivity contribution in [3.63, 3.8) is 0 Å². The van der Waals surface area contributed by atoms with E-state index in [1.54, 1.807) is 37.3 Å². The standard InChI is InChI=1S/C31H38ClN3O4S/c1-22(2)19-33-31(37)29(18-25-9-7-6-8-10-25)34(20-26-13-15-27(32)16-14-26)30(36)21-35(40(5,38)39)28-17-23(3)11-12-24(28)4/h6-17,22,29H,18-21H2,1-5H3,(H,33,37)/t29-/m0/s1. The normalized spacial score (nSPS) is 12.2. The summed E-state index contributed by atoms with van der Waals surface area (Å²) in [6.07, 6.45) is 1.36. The van der Waals surface area contributed by atoms with Crippen molar-refractivity contribution >= 4 is 39.1 Å². The Morgan fingerprint density at radius 2 is 1.57 bits per heavy atom. The van der Waals surface area contributed by atoms with Crippen molar-refractivity contribution in [2.75, 3.05) is 23.7 Å². The second kappa shape index (κ2) is 13.8. The van der Waals surface area contributed by atoms with Crippen molar-refractivity contribution < 1.29 is 18.0 Å². The van der Waals surface area contributed by atoms with Crippen LogP contribution in [-0.4, -0.2) is 50.5 Å². The molecule has 3 aromatic carbocycles. The van der Waals surface area contributed by atoms with Gasteiger partial charge in [0.2, 0.25) is 21.8 Å². The first-order chi connectivity index (χ1) is 18.8. The molecule has 0 aliphatic rings. The summed E-state index contributed by atoms with van der Waals surface area (Å²) < 4.78 is 27.1. The highest BCUT2D eigenvalue weighted by Crippen LogP contribution is 2.25. The zero-order valence-corrected chi connectivity index (χ0v) is 25.3. The van der Waals surface area contributed by atoms with Crippen LogP contribution in [-0.2, 0) is 32.6 Å². The van der Waals surface area contributed by atoms with E-state index in [1.165, 1.54) is 4.90 Å². The monoisotopic (exact) mass is 583 g/mol. The molecular weight excluding hydrogens is 546 g/mol. The predicted octanol–water partition coefficient (Wildman–Crippen LogP) is 5.14. The van der Waals surface area contributed by atoms with Gasteiger partial charge < -0.3 is 10.2 Å². The van der Waals surface area contributed by atoms with Gasteiger partial charge in [0.25, 0.3) is 0 Å². The van der Waals surface area contributed by atoms with Gasteiger partial charge in [-0.05, 0) is 60.2 Å². The molecule has 3 aromatic rings. The molecule has 0 spiro atoms. The van der Waals surface area contributed by atoms with Gasteiger partial charge in [0.15, 0.2) is 0 Å². The van der Waals surface area contributed by atoms with Crippen LogP contribution in [0, 0.1) is 19.8 Å². The molecule has 0 aliphatic heterocycles. The fraction of sp³-hybridized carbons (Fsp3) is 0.355. The van der Waals surface area contributed by atoms with Gasteiger partial charge in [0.1, 0.15) is 12.6 Å². The predicted molar refractivity (Wildman–Crippen MR) is 162 cm³/mol. The lowest BCUT2D eigenvalue weighted by molar-refractivity contribution is -0.140. The van der Waals surface area contributed by atoms with Crippen LogP contribution >= 0.6 is 11.6 Å². The molecule has 0 saturated carbocycles. The average molecular weight is 584 g/mol. The highest BCUT2D eigenvalue weighted by molar-refractivity contribution is 7.92. The van der Waals surface area contributed by atoms with E-state index < -0.39 is 28.5 Å². The van der Waals surface area contributed by atoms with E-state index in [9.17, 15) is 18.0 Å². The molecule has 3 rings (SSSR count). The number of halogens is 1. The Morgan fingerprint density at radius 1 is 0.925 bits per heavy atom. The van der Waals surface area contributed by atoms with Gasteiger partial charge in [0.05, 0.1) is 11.9 Å².